The van der Waals surface area contributed by atoms with Gasteiger partial charge < -0.3 is 5.11 Å². The van der Waals surface area contributed by atoms with Gasteiger partial charge in [0, 0.05) is 12.3 Å². The number of thioether (sulfide) groups is 1. The van der Waals surface area contributed by atoms with E-state index in [2.05, 4.69) is 4.72 Å². The lowest BCUT2D eigenvalue weighted by molar-refractivity contribution is -0.0327. The maximum atomic E-state index is 11.8. The van der Waals surface area contributed by atoms with E-state index in [0.29, 0.717) is 5.56 Å². The smallest absolute Gasteiger partial charge is 0.392 e. The molecule has 1 aromatic carbocycles. The molecule has 0 heterocycles. The van der Waals surface area contributed by atoms with Gasteiger partial charge in [0.15, 0.2) is 0 Å². The van der Waals surface area contributed by atoms with Gasteiger partial charge in [-0.25, -0.2) is 13.1 Å². The number of alkyl halides is 3. The lowest BCUT2D eigenvalue weighted by atomic mass is 10.2. The first-order valence-corrected chi connectivity index (χ1v) is 7.61. The summed E-state index contributed by atoms with van der Waals surface area (Å²) in [6, 6.07) is 5.42. The van der Waals surface area contributed by atoms with Gasteiger partial charge in [0.25, 0.3) is 0 Å². The van der Waals surface area contributed by atoms with Crippen molar-refractivity contribution < 1.29 is 26.7 Å². The minimum absolute atomic E-state index is 0.0540. The molecule has 1 aromatic rings. The van der Waals surface area contributed by atoms with Gasteiger partial charge in [-0.2, -0.15) is 13.2 Å². The van der Waals surface area contributed by atoms with Crippen molar-refractivity contribution in [2.45, 2.75) is 17.0 Å². The van der Waals surface area contributed by atoms with Crippen LogP contribution in [0.25, 0.3) is 0 Å². The average Bonchev–Trinajstić information content (AvgIpc) is 2.34. The second-order valence-electron chi connectivity index (χ2n) is 3.49. The van der Waals surface area contributed by atoms with Crippen molar-refractivity contribution in [2.24, 2.45) is 0 Å². The van der Waals surface area contributed by atoms with Crippen LogP contribution < -0.4 is 4.72 Å². The lowest BCUT2D eigenvalue weighted by Crippen LogP contribution is -2.26. The molecule has 1 rings (SSSR count). The first kappa shape index (κ1) is 16.3. The summed E-state index contributed by atoms with van der Waals surface area (Å²) in [6.07, 6.45) is 0. The van der Waals surface area contributed by atoms with Crippen LogP contribution in [0, 0.1) is 0 Å². The van der Waals surface area contributed by atoms with E-state index in [4.69, 9.17) is 5.11 Å². The molecule has 0 bridgehead atoms. The molecule has 4 nitrogen and oxygen atoms in total. The first-order valence-electron chi connectivity index (χ1n) is 5.15. The number of aliphatic hydroxyl groups is 1. The summed E-state index contributed by atoms with van der Waals surface area (Å²) in [5, 5.41) is 8.81. The summed E-state index contributed by atoms with van der Waals surface area (Å²) in [4.78, 5) is -0.0540. The standard InChI is InChI=1S/C10H12F3NO3S2/c11-10(12,13)18-6-5-14-19(16,17)9-3-1-8(7-15)2-4-9/h1-4,14-15H,5-7H2. The zero-order chi connectivity index (χ0) is 14.5. The minimum atomic E-state index is -4.37. The molecule has 0 saturated carbocycles. The SMILES string of the molecule is O=S(=O)(NCCSC(F)(F)F)c1ccc(CO)cc1. The molecule has 108 valence electrons. The van der Waals surface area contributed by atoms with E-state index in [9.17, 15) is 21.6 Å². The summed E-state index contributed by atoms with van der Waals surface area (Å²) in [5.74, 6) is -0.391. The molecule has 0 amide bonds. The van der Waals surface area contributed by atoms with Crippen molar-refractivity contribution in [2.75, 3.05) is 12.3 Å². The Morgan fingerprint density at radius 2 is 1.79 bits per heavy atom. The minimum Gasteiger partial charge on any atom is -0.392 e. The van der Waals surface area contributed by atoms with Crippen LogP contribution in [0.3, 0.4) is 0 Å². The van der Waals surface area contributed by atoms with Crippen molar-refractivity contribution in [3.8, 4) is 0 Å². The third-order valence-corrected chi connectivity index (χ3v) is 4.29. The molecule has 19 heavy (non-hydrogen) atoms. The molecule has 0 aliphatic rings. The largest absolute Gasteiger partial charge is 0.441 e. The van der Waals surface area contributed by atoms with Crippen LogP contribution in [0.4, 0.5) is 13.2 Å². The number of rotatable bonds is 6. The van der Waals surface area contributed by atoms with Gasteiger partial charge in [-0.15, -0.1) is 0 Å². The molecule has 0 unspecified atom stereocenters. The van der Waals surface area contributed by atoms with Crippen molar-refractivity contribution in [3.05, 3.63) is 29.8 Å². The number of hydrogen-bond acceptors (Lipinski definition) is 4. The maximum absolute atomic E-state index is 11.8. The third kappa shape index (κ3) is 5.81. The van der Waals surface area contributed by atoms with Crippen LogP contribution >= 0.6 is 11.8 Å². The molecule has 0 atom stereocenters. The van der Waals surface area contributed by atoms with E-state index in [1.165, 1.54) is 24.3 Å². The number of sulfonamides is 1. The van der Waals surface area contributed by atoms with Crippen molar-refractivity contribution >= 4 is 21.8 Å². The Kier molecular flexibility index (Phi) is 5.65. The van der Waals surface area contributed by atoms with E-state index < -0.39 is 21.3 Å². The number of aliphatic hydroxyl groups excluding tert-OH is 1. The van der Waals surface area contributed by atoms with Gasteiger partial charge in [-0.3, -0.25) is 0 Å². The molecule has 0 aliphatic heterocycles. The summed E-state index contributed by atoms with van der Waals surface area (Å²) >= 11 is -0.284. The number of hydrogen-bond donors (Lipinski definition) is 2. The Morgan fingerprint density at radius 3 is 2.26 bits per heavy atom. The van der Waals surface area contributed by atoms with Crippen LogP contribution in [0.5, 0.6) is 0 Å². The summed E-state index contributed by atoms with van der Waals surface area (Å²) in [6.45, 7) is -0.524. The monoisotopic (exact) mass is 315 g/mol. The molecule has 0 aromatic heterocycles. The van der Waals surface area contributed by atoms with Gasteiger partial charge in [0.05, 0.1) is 11.5 Å². The summed E-state index contributed by atoms with van der Waals surface area (Å²) in [7, 11) is -3.82. The van der Waals surface area contributed by atoms with E-state index in [1.807, 2.05) is 0 Å². The average molecular weight is 315 g/mol. The highest BCUT2D eigenvalue weighted by Gasteiger charge is 2.27. The van der Waals surface area contributed by atoms with Crippen LogP contribution in [-0.2, 0) is 16.6 Å². The zero-order valence-electron chi connectivity index (χ0n) is 9.64. The van der Waals surface area contributed by atoms with E-state index in [1.54, 1.807) is 0 Å². The van der Waals surface area contributed by atoms with Gasteiger partial charge in [0.2, 0.25) is 10.0 Å². The summed E-state index contributed by atoms with van der Waals surface area (Å²) < 4.78 is 61.0. The quantitative estimate of drug-likeness (QED) is 0.784. The Bertz CT molecular complexity index is 500. The topological polar surface area (TPSA) is 66.4 Å². The van der Waals surface area contributed by atoms with Crippen molar-refractivity contribution in [1.29, 1.82) is 0 Å². The molecule has 0 saturated heterocycles. The third-order valence-electron chi connectivity index (χ3n) is 2.08. The highest BCUT2D eigenvalue weighted by molar-refractivity contribution is 8.00. The van der Waals surface area contributed by atoms with Crippen molar-refractivity contribution in [1.82, 2.24) is 4.72 Å². The molecule has 0 spiro atoms. The highest BCUT2D eigenvalue weighted by atomic mass is 32.2. The molecule has 2 N–H and O–H groups in total. The Balaban J connectivity index is 2.56. The molecule has 0 fully saturated rings. The van der Waals surface area contributed by atoms with Crippen molar-refractivity contribution in [3.63, 3.8) is 0 Å². The predicted octanol–water partition coefficient (Wildman–Crippen LogP) is 1.71. The molecule has 0 radical (unpaired) electrons. The first-order chi connectivity index (χ1) is 8.74. The van der Waals surface area contributed by atoms with Crippen LogP contribution in [0.1, 0.15) is 5.56 Å². The van der Waals surface area contributed by atoms with Crippen LogP contribution in [-0.4, -0.2) is 31.3 Å². The fraction of sp³-hybridized carbons (Fsp3) is 0.400. The summed E-state index contributed by atoms with van der Waals surface area (Å²) in [5.41, 5.74) is -3.82. The van der Waals surface area contributed by atoms with E-state index in [0.717, 1.165) is 0 Å². The fourth-order valence-electron chi connectivity index (χ4n) is 1.20. The zero-order valence-corrected chi connectivity index (χ0v) is 11.3. The predicted molar refractivity (Wildman–Crippen MR) is 66.1 cm³/mol. The van der Waals surface area contributed by atoms with Crippen LogP contribution in [0.2, 0.25) is 0 Å². The molecular formula is C10H12F3NO3S2. The van der Waals surface area contributed by atoms with Gasteiger partial charge in [0.1, 0.15) is 0 Å². The van der Waals surface area contributed by atoms with Crippen LogP contribution in [0.15, 0.2) is 29.2 Å². The van der Waals surface area contributed by atoms with Gasteiger partial charge >= 0.3 is 5.51 Å². The number of nitrogens with one attached hydrogen (secondary N) is 1. The van der Waals surface area contributed by atoms with E-state index >= 15 is 0 Å². The normalized spacial score (nSPS) is 12.6. The lowest BCUT2D eigenvalue weighted by Gasteiger charge is -2.08. The Labute approximate surface area is 113 Å². The Hall–Kier alpha value is -0.770. The fourth-order valence-corrected chi connectivity index (χ4v) is 2.80. The van der Waals surface area contributed by atoms with E-state index in [-0.39, 0.29) is 29.8 Å². The molecule has 0 aliphatic carbocycles. The highest BCUT2D eigenvalue weighted by Crippen LogP contribution is 2.29. The number of halogens is 3. The maximum Gasteiger partial charge on any atom is 0.441 e. The second-order valence-corrected chi connectivity index (χ2v) is 6.42. The Morgan fingerprint density at radius 1 is 1.21 bits per heavy atom. The second kappa shape index (κ2) is 6.60. The van der Waals surface area contributed by atoms with Gasteiger partial charge in [-0.1, -0.05) is 12.1 Å². The van der Waals surface area contributed by atoms with Gasteiger partial charge in [-0.05, 0) is 29.5 Å². The molecule has 9 heteroatoms. The number of benzene rings is 1. The molecular weight excluding hydrogens is 303 g/mol.